The van der Waals surface area contributed by atoms with Crippen LogP contribution in [0.3, 0.4) is 0 Å². The number of rotatable bonds is 6. The molecule has 1 aliphatic heterocycles. The quantitative estimate of drug-likeness (QED) is 0.782. The van der Waals surface area contributed by atoms with Gasteiger partial charge in [0.05, 0.1) is 33.4 Å². The SMILES string of the molecule is COc1ccc(CC(=O)N2CCN(c3ccccc3OC)CC2)cc1OC. The molecule has 1 aliphatic rings. The summed E-state index contributed by atoms with van der Waals surface area (Å²) in [6, 6.07) is 13.6. The van der Waals surface area contributed by atoms with E-state index in [1.165, 1.54) is 0 Å². The summed E-state index contributed by atoms with van der Waals surface area (Å²) in [7, 11) is 4.88. The number of nitrogens with zero attached hydrogens (tertiary/aromatic N) is 2. The number of benzene rings is 2. The number of carbonyl (C=O) groups excluding carboxylic acids is 1. The zero-order chi connectivity index (χ0) is 19.2. The molecule has 0 bridgehead atoms. The Labute approximate surface area is 160 Å². The lowest BCUT2D eigenvalue weighted by molar-refractivity contribution is -0.130. The van der Waals surface area contributed by atoms with Crippen molar-refractivity contribution in [2.24, 2.45) is 0 Å². The summed E-state index contributed by atoms with van der Waals surface area (Å²) in [5.74, 6) is 2.30. The van der Waals surface area contributed by atoms with Gasteiger partial charge in [-0.1, -0.05) is 18.2 Å². The highest BCUT2D eigenvalue weighted by Gasteiger charge is 2.23. The summed E-state index contributed by atoms with van der Waals surface area (Å²) in [6.07, 6.45) is 0.356. The molecule has 1 saturated heterocycles. The first-order valence-corrected chi connectivity index (χ1v) is 9.03. The lowest BCUT2D eigenvalue weighted by atomic mass is 10.1. The van der Waals surface area contributed by atoms with Gasteiger partial charge in [-0.3, -0.25) is 4.79 Å². The van der Waals surface area contributed by atoms with Gasteiger partial charge in [0.1, 0.15) is 5.75 Å². The van der Waals surface area contributed by atoms with E-state index in [1.807, 2.05) is 41.3 Å². The van der Waals surface area contributed by atoms with Crippen LogP contribution < -0.4 is 19.1 Å². The number of hydrogen-bond donors (Lipinski definition) is 0. The molecule has 0 radical (unpaired) electrons. The predicted molar refractivity (Wildman–Crippen MR) is 105 cm³/mol. The Morgan fingerprint density at radius 1 is 0.852 bits per heavy atom. The number of amides is 1. The topological polar surface area (TPSA) is 51.2 Å². The van der Waals surface area contributed by atoms with Crippen molar-refractivity contribution in [1.29, 1.82) is 0 Å². The van der Waals surface area contributed by atoms with Crippen LogP contribution >= 0.6 is 0 Å². The van der Waals surface area contributed by atoms with E-state index in [0.717, 1.165) is 30.1 Å². The van der Waals surface area contributed by atoms with Gasteiger partial charge in [0.15, 0.2) is 11.5 Å². The molecule has 144 valence electrons. The Kier molecular flexibility index (Phi) is 6.06. The summed E-state index contributed by atoms with van der Waals surface area (Å²) in [5, 5.41) is 0. The Balaban J connectivity index is 1.60. The van der Waals surface area contributed by atoms with E-state index in [2.05, 4.69) is 11.0 Å². The third kappa shape index (κ3) is 4.27. The lowest BCUT2D eigenvalue weighted by Crippen LogP contribution is -2.49. The number of piperazine rings is 1. The van der Waals surface area contributed by atoms with Gasteiger partial charge in [0.25, 0.3) is 0 Å². The van der Waals surface area contributed by atoms with Crippen molar-refractivity contribution in [3.8, 4) is 17.2 Å². The number of ether oxygens (including phenoxy) is 3. The summed E-state index contributed by atoms with van der Waals surface area (Å²) in [4.78, 5) is 16.9. The van der Waals surface area contributed by atoms with Gasteiger partial charge < -0.3 is 24.0 Å². The second-order valence-corrected chi connectivity index (χ2v) is 6.41. The molecule has 0 unspecified atom stereocenters. The smallest absolute Gasteiger partial charge is 0.227 e. The fourth-order valence-electron chi connectivity index (χ4n) is 3.36. The van der Waals surface area contributed by atoms with Crippen LogP contribution in [0.4, 0.5) is 5.69 Å². The Bertz CT molecular complexity index is 786. The number of anilines is 1. The fourth-order valence-corrected chi connectivity index (χ4v) is 3.36. The number of hydrogen-bond acceptors (Lipinski definition) is 5. The second-order valence-electron chi connectivity index (χ2n) is 6.41. The fraction of sp³-hybridized carbons (Fsp3) is 0.381. The van der Waals surface area contributed by atoms with Crippen molar-refractivity contribution in [3.63, 3.8) is 0 Å². The zero-order valence-electron chi connectivity index (χ0n) is 16.1. The summed E-state index contributed by atoms with van der Waals surface area (Å²) in [5.41, 5.74) is 2.00. The molecular weight excluding hydrogens is 344 g/mol. The van der Waals surface area contributed by atoms with Crippen LogP contribution in [0.15, 0.2) is 42.5 Å². The summed E-state index contributed by atoms with van der Waals surface area (Å²) < 4.78 is 16.0. The number of methoxy groups -OCH3 is 3. The number of para-hydroxylation sites is 2. The maximum absolute atomic E-state index is 12.7. The molecule has 2 aromatic carbocycles. The second kappa shape index (κ2) is 8.66. The molecule has 0 aliphatic carbocycles. The molecule has 6 heteroatoms. The molecule has 1 amide bonds. The first kappa shape index (κ1) is 18.9. The van der Waals surface area contributed by atoms with Crippen LogP contribution in [0.2, 0.25) is 0 Å². The van der Waals surface area contributed by atoms with Gasteiger partial charge in [-0.15, -0.1) is 0 Å². The number of carbonyl (C=O) groups is 1. The average molecular weight is 370 g/mol. The Morgan fingerprint density at radius 3 is 2.19 bits per heavy atom. The van der Waals surface area contributed by atoms with E-state index in [4.69, 9.17) is 14.2 Å². The molecule has 27 heavy (non-hydrogen) atoms. The molecule has 0 saturated carbocycles. The van der Waals surface area contributed by atoms with Crippen LogP contribution in [-0.4, -0.2) is 58.3 Å². The van der Waals surface area contributed by atoms with E-state index in [-0.39, 0.29) is 5.91 Å². The largest absolute Gasteiger partial charge is 0.495 e. The van der Waals surface area contributed by atoms with Crippen molar-refractivity contribution in [1.82, 2.24) is 4.90 Å². The Morgan fingerprint density at radius 2 is 1.52 bits per heavy atom. The van der Waals surface area contributed by atoms with Gasteiger partial charge in [-0.05, 0) is 29.8 Å². The predicted octanol–water partition coefficient (Wildman–Crippen LogP) is 2.60. The molecular formula is C21H26N2O4. The van der Waals surface area contributed by atoms with Crippen molar-refractivity contribution in [2.45, 2.75) is 6.42 Å². The summed E-state index contributed by atoms with van der Waals surface area (Å²) >= 11 is 0. The normalized spacial score (nSPS) is 14.0. The van der Waals surface area contributed by atoms with Gasteiger partial charge in [0.2, 0.25) is 5.91 Å². The highest BCUT2D eigenvalue weighted by atomic mass is 16.5. The average Bonchev–Trinajstić information content (AvgIpc) is 2.73. The molecule has 6 nitrogen and oxygen atoms in total. The highest BCUT2D eigenvalue weighted by molar-refractivity contribution is 5.79. The van der Waals surface area contributed by atoms with Crippen molar-refractivity contribution in [2.75, 3.05) is 52.4 Å². The lowest BCUT2D eigenvalue weighted by Gasteiger charge is -2.36. The molecule has 0 spiro atoms. The molecule has 3 rings (SSSR count). The molecule has 0 atom stereocenters. The third-order valence-electron chi connectivity index (χ3n) is 4.86. The molecule has 2 aromatic rings. The first-order chi connectivity index (χ1) is 13.2. The van der Waals surface area contributed by atoms with E-state index in [9.17, 15) is 4.79 Å². The van der Waals surface area contributed by atoms with E-state index >= 15 is 0 Å². The minimum Gasteiger partial charge on any atom is -0.495 e. The standard InChI is InChI=1S/C21H26N2O4/c1-25-18-7-5-4-6-17(18)22-10-12-23(13-11-22)21(24)15-16-8-9-19(26-2)20(14-16)27-3/h4-9,14H,10-13,15H2,1-3H3. The minimum absolute atomic E-state index is 0.127. The highest BCUT2D eigenvalue weighted by Crippen LogP contribution is 2.29. The summed E-state index contributed by atoms with van der Waals surface area (Å²) in [6.45, 7) is 2.98. The van der Waals surface area contributed by atoms with Crippen molar-refractivity contribution >= 4 is 11.6 Å². The maximum atomic E-state index is 12.7. The maximum Gasteiger partial charge on any atom is 0.227 e. The molecule has 0 aromatic heterocycles. The zero-order valence-corrected chi connectivity index (χ0v) is 16.1. The monoisotopic (exact) mass is 370 g/mol. The first-order valence-electron chi connectivity index (χ1n) is 9.03. The van der Waals surface area contributed by atoms with Crippen molar-refractivity contribution in [3.05, 3.63) is 48.0 Å². The molecule has 1 heterocycles. The van der Waals surface area contributed by atoms with Crippen LogP contribution in [0.5, 0.6) is 17.2 Å². The van der Waals surface area contributed by atoms with Gasteiger partial charge in [0, 0.05) is 26.2 Å². The van der Waals surface area contributed by atoms with Crippen LogP contribution in [0, 0.1) is 0 Å². The molecule has 1 fully saturated rings. The van der Waals surface area contributed by atoms with Gasteiger partial charge >= 0.3 is 0 Å². The minimum atomic E-state index is 0.127. The van der Waals surface area contributed by atoms with E-state index in [1.54, 1.807) is 21.3 Å². The Hall–Kier alpha value is -2.89. The van der Waals surface area contributed by atoms with Crippen LogP contribution in [0.25, 0.3) is 0 Å². The van der Waals surface area contributed by atoms with Gasteiger partial charge in [-0.2, -0.15) is 0 Å². The van der Waals surface area contributed by atoms with E-state index < -0.39 is 0 Å². The van der Waals surface area contributed by atoms with Gasteiger partial charge in [-0.25, -0.2) is 0 Å². The van der Waals surface area contributed by atoms with Crippen LogP contribution in [-0.2, 0) is 11.2 Å². The van der Waals surface area contributed by atoms with Crippen LogP contribution in [0.1, 0.15) is 5.56 Å². The van der Waals surface area contributed by atoms with Crippen molar-refractivity contribution < 1.29 is 19.0 Å². The van der Waals surface area contributed by atoms with E-state index in [0.29, 0.717) is 31.0 Å². The third-order valence-corrected chi connectivity index (χ3v) is 4.86. The molecule has 0 N–H and O–H groups in total.